The molecule has 2 rings (SSSR count). The molecule has 24 heavy (non-hydrogen) atoms. The molecule has 1 aromatic carbocycles. The molecule has 130 valence electrons. The van der Waals surface area contributed by atoms with Crippen LogP contribution in [0, 0.1) is 13.8 Å². The summed E-state index contributed by atoms with van der Waals surface area (Å²) in [4.78, 5) is 4.27. The number of benzene rings is 1. The third kappa shape index (κ3) is 5.37. The first kappa shape index (κ1) is 18.0. The first-order valence-corrected chi connectivity index (χ1v) is 8.50. The van der Waals surface area contributed by atoms with E-state index in [1.165, 1.54) is 16.7 Å². The Hall–Kier alpha value is -2.37. The van der Waals surface area contributed by atoms with E-state index >= 15 is 0 Å². The number of guanidine groups is 1. The highest BCUT2D eigenvalue weighted by atomic mass is 15.3. The Labute approximate surface area is 144 Å². The van der Waals surface area contributed by atoms with Crippen LogP contribution in [0.4, 0.5) is 0 Å². The molecule has 0 amide bonds. The zero-order chi connectivity index (χ0) is 17.4. The molecule has 1 aromatic heterocycles. The van der Waals surface area contributed by atoms with Crippen LogP contribution in [0.15, 0.2) is 29.5 Å². The molecule has 1 heterocycles. The summed E-state index contributed by atoms with van der Waals surface area (Å²) in [7, 11) is 1.79. The maximum atomic E-state index is 4.27. The number of hydrogen-bond donors (Lipinski definition) is 2. The van der Waals surface area contributed by atoms with E-state index in [9.17, 15) is 0 Å². The van der Waals surface area contributed by atoms with Crippen molar-refractivity contribution in [3.8, 4) is 0 Å². The fourth-order valence-electron chi connectivity index (χ4n) is 2.79. The molecular formula is C18H28N6. The molecule has 0 bridgehead atoms. The van der Waals surface area contributed by atoms with Crippen LogP contribution in [-0.2, 0) is 19.4 Å². The highest BCUT2D eigenvalue weighted by Crippen LogP contribution is 2.08. The molecule has 0 unspecified atom stereocenters. The van der Waals surface area contributed by atoms with Crippen molar-refractivity contribution >= 4 is 5.96 Å². The number of nitrogens with zero attached hydrogens (tertiary/aromatic N) is 4. The molecule has 0 saturated carbocycles. The molecule has 0 fully saturated rings. The Kier molecular flexibility index (Phi) is 6.78. The standard InChI is InChI=1S/C18H28N6/c1-5-17-23-22-13-24(17)9-8-21-18(19-4)20-7-6-16-11-14(2)10-15(3)12-16/h10-13H,5-9H2,1-4H3,(H2,19,20,21). The normalized spacial score (nSPS) is 11.6. The van der Waals surface area contributed by atoms with Crippen molar-refractivity contribution < 1.29 is 0 Å². The van der Waals surface area contributed by atoms with Gasteiger partial charge in [0.1, 0.15) is 12.2 Å². The van der Waals surface area contributed by atoms with Crippen LogP contribution in [-0.4, -0.2) is 40.9 Å². The van der Waals surface area contributed by atoms with Gasteiger partial charge in [-0.05, 0) is 25.8 Å². The van der Waals surface area contributed by atoms with Crippen LogP contribution in [0.1, 0.15) is 29.4 Å². The minimum Gasteiger partial charge on any atom is -0.356 e. The zero-order valence-corrected chi connectivity index (χ0v) is 15.1. The first-order valence-electron chi connectivity index (χ1n) is 8.50. The van der Waals surface area contributed by atoms with E-state index in [-0.39, 0.29) is 0 Å². The molecule has 2 N–H and O–H groups in total. The molecule has 2 aromatic rings. The van der Waals surface area contributed by atoms with E-state index in [2.05, 4.69) is 69.4 Å². The second kappa shape index (κ2) is 9.05. The van der Waals surface area contributed by atoms with Crippen molar-refractivity contribution in [3.63, 3.8) is 0 Å². The Balaban J connectivity index is 1.74. The van der Waals surface area contributed by atoms with Crippen LogP contribution in [0.3, 0.4) is 0 Å². The lowest BCUT2D eigenvalue weighted by molar-refractivity contribution is 0.632. The van der Waals surface area contributed by atoms with Gasteiger partial charge >= 0.3 is 0 Å². The summed E-state index contributed by atoms with van der Waals surface area (Å²) in [6.45, 7) is 8.83. The van der Waals surface area contributed by atoms with Crippen molar-refractivity contribution in [2.45, 2.75) is 40.2 Å². The lowest BCUT2D eigenvalue weighted by Crippen LogP contribution is -2.39. The van der Waals surface area contributed by atoms with E-state index in [1.807, 2.05) is 0 Å². The second-order valence-corrected chi connectivity index (χ2v) is 5.97. The van der Waals surface area contributed by atoms with E-state index < -0.39 is 0 Å². The van der Waals surface area contributed by atoms with Crippen molar-refractivity contribution in [3.05, 3.63) is 47.0 Å². The lowest BCUT2D eigenvalue weighted by atomic mass is 10.1. The Morgan fingerprint density at radius 1 is 1.12 bits per heavy atom. The average molecular weight is 328 g/mol. The number of aromatic nitrogens is 3. The van der Waals surface area contributed by atoms with Gasteiger partial charge in [0.2, 0.25) is 0 Å². The van der Waals surface area contributed by atoms with Gasteiger partial charge in [-0.25, -0.2) is 0 Å². The average Bonchev–Trinajstić information content (AvgIpc) is 3.00. The molecule has 6 heteroatoms. The Morgan fingerprint density at radius 3 is 2.50 bits per heavy atom. The van der Waals surface area contributed by atoms with E-state index in [4.69, 9.17) is 0 Å². The topological polar surface area (TPSA) is 67.1 Å². The molecule has 0 aliphatic carbocycles. The van der Waals surface area contributed by atoms with Gasteiger partial charge in [0.15, 0.2) is 5.96 Å². The molecule has 0 aliphatic heterocycles. The molecule has 0 spiro atoms. The van der Waals surface area contributed by atoms with Crippen LogP contribution in [0.2, 0.25) is 0 Å². The number of aliphatic imine (C=N–C) groups is 1. The Morgan fingerprint density at radius 2 is 1.83 bits per heavy atom. The molecule has 0 atom stereocenters. The number of rotatable bonds is 7. The van der Waals surface area contributed by atoms with Gasteiger partial charge in [0.05, 0.1) is 0 Å². The van der Waals surface area contributed by atoms with Crippen LogP contribution >= 0.6 is 0 Å². The van der Waals surface area contributed by atoms with Crippen molar-refractivity contribution in [2.24, 2.45) is 4.99 Å². The fraction of sp³-hybridized carbons (Fsp3) is 0.500. The van der Waals surface area contributed by atoms with Gasteiger partial charge in [-0.2, -0.15) is 0 Å². The highest BCUT2D eigenvalue weighted by Gasteiger charge is 2.02. The number of hydrogen-bond acceptors (Lipinski definition) is 3. The van der Waals surface area contributed by atoms with E-state index in [1.54, 1.807) is 13.4 Å². The van der Waals surface area contributed by atoms with Crippen molar-refractivity contribution in [2.75, 3.05) is 20.1 Å². The fourth-order valence-corrected chi connectivity index (χ4v) is 2.79. The Bertz CT molecular complexity index is 654. The summed E-state index contributed by atoms with van der Waals surface area (Å²) in [5, 5.41) is 14.7. The summed E-state index contributed by atoms with van der Waals surface area (Å²) in [5.41, 5.74) is 3.98. The van der Waals surface area contributed by atoms with Gasteiger partial charge in [-0.1, -0.05) is 36.2 Å². The van der Waals surface area contributed by atoms with Crippen LogP contribution < -0.4 is 10.6 Å². The van der Waals surface area contributed by atoms with Crippen LogP contribution in [0.25, 0.3) is 0 Å². The highest BCUT2D eigenvalue weighted by molar-refractivity contribution is 5.79. The summed E-state index contributed by atoms with van der Waals surface area (Å²) in [6, 6.07) is 6.68. The third-order valence-corrected chi connectivity index (χ3v) is 3.87. The van der Waals surface area contributed by atoms with Gasteiger partial charge in [-0.15, -0.1) is 10.2 Å². The quantitative estimate of drug-likeness (QED) is 0.601. The van der Waals surface area contributed by atoms with Gasteiger partial charge in [-0.3, -0.25) is 4.99 Å². The van der Waals surface area contributed by atoms with E-state index in [0.29, 0.717) is 0 Å². The molecule has 0 aliphatic rings. The monoisotopic (exact) mass is 328 g/mol. The molecule has 0 saturated heterocycles. The van der Waals surface area contributed by atoms with Crippen LogP contribution in [0.5, 0.6) is 0 Å². The maximum absolute atomic E-state index is 4.27. The van der Waals surface area contributed by atoms with Gasteiger partial charge in [0.25, 0.3) is 0 Å². The zero-order valence-electron chi connectivity index (χ0n) is 15.1. The van der Waals surface area contributed by atoms with Gasteiger partial charge < -0.3 is 15.2 Å². The van der Waals surface area contributed by atoms with E-state index in [0.717, 1.165) is 44.3 Å². The summed E-state index contributed by atoms with van der Waals surface area (Å²) in [6.07, 6.45) is 3.65. The predicted molar refractivity (Wildman–Crippen MR) is 98.4 cm³/mol. The first-order chi connectivity index (χ1) is 11.6. The minimum absolute atomic E-state index is 0.786. The lowest BCUT2D eigenvalue weighted by Gasteiger charge is -2.13. The predicted octanol–water partition coefficient (Wildman–Crippen LogP) is 1.87. The molecule has 6 nitrogen and oxygen atoms in total. The second-order valence-electron chi connectivity index (χ2n) is 5.97. The number of nitrogens with one attached hydrogen (secondary N) is 2. The summed E-state index contributed by atoms with van der Waals surface area (Å²) >= 11 is 0. The molecular weight excluding hydrogens is 300 g/mol. The van der Waals surface area contributed by atoms with Gasteiger partial charge in [0, 0.05) is 33.1 Å². The third-order valence-electron chi connectivity index (χ3n) is 3.87. The maximum Gasteiger partial charge on any atom is 0.191 e. The van der Waals surface area contributed by atoms with Crippen molar-refractivity contribution in [1.29, 1.82) is 0 Å². The summed E-state index contributed by atoms with van der Waals surface area (Å²) < 4.78 is 2.07. The number of aryl methyl sites for hydroxylation is 3. The minimum atomic E-state index is 0.786. The smallest absolute Gasteiger partial charge is 0.191 e. The largest absolute Gasteiger partial charge is 0.356 e. The summed E-state index contributed by atoms with van der Waals surface area (Å²) in [5.74, 6) is 1.83. The van der Waals surface area contributed by atoms with Crippen molar-refractivity contribution in [1.82, 2.24) is 25.4 Å². The molecule has 0 radical (unpaired) electrons. The SMILES string of the molecule is CCc1nncn1CCNC(=NC)NCCc1cc(C)cc(C)c1.